The Morgan fingerprint density at radius 2 is 2.44 bits per heavy atom. The van der Waals surface area contributed by atoms with Crippen molar-refractivity contribution < 1.29 is 9.53 Å². The van der Waals surface area contributed by atoms with Crippen molar-refractivity contribution >= 4 is 5.91 Å². The molecule has 0 bridgehead atoms. The molecular formula is C11H19N3O2. The van der Waals surface area contributed by atoms with Gasteiger partial charge in [0, 0.05) is 19.5 Å². The lowest BCUT2D eigenvalue weighted by Crippen LogP contribution is -2.46. The van der Waals surface area contributed by atoms with Crippen LogP contribution >= 0.6 is 0 Å². The van der Waals surface area contributed by atoms with E-state index in [9.17, 15) is 4.79 Å². The number of amides is 1. The molecule has 2 atom stereocenters. The summed E-state index contributed by atoms with van der Waals surface area (Å²) in [6, 6.07) is -0.150. The molecule has 0 radical (unpaired) electrons. The minimum absolute atomic E-state index is 0.124. The second-order valence-electron chi connectivity index (χ2n) is 3.96. The van der Waals surface area contributed by atoms with Gasteiger partial charge in [-0.1, -0.05) is 6.92 Å². The van der Waals surface area contributed by atoms with Gasteiger partial charge < -0.3 is 15.0 Å². The fraction of sp³-hybridized carbons (Fsp3) is 0.636. The number of carbonyl (C=O) groups is 1. The van der Waals surface area contributed by atoms with E-state index in [2.05, 4.69) is 15.3 Å². The fourth-order valence-corrected chi connectivity index (χ4v) is 1.33. The molecule has 1 heterocycles. The number of methoxy groups -OCH3 is 1. The molecule has 5 nitrogen and oxygen atoms in total. The second-order valence-corrected chi connectivity index (χ2v) is 3.96. The van der Waals surface area contributed by atoms with Crippen LogP contribution in [0.2, 0.25) is 0 Å². The van der Waals surface area contributed by atoms with Crippen LogP contribution in [0.5, 0.6) is 0 Å². The minimum Gasteiger partial charge on any atom is -0.369 e. The smallest absolute Gasteiger partial charge is 0.252 e. The first-order chi connectivity index (χ1) is 7.53. The molecule has 0 aliphatic carbocycles. The van der Waals surface area contributed by atoms with Crippen LogP contribution in [0.1, 0.15) is 39.1 Å². The molecule has 1 aromatic rings. The number of H-pyrrole nitrogens is 1. The van der Waals surface area contributed by atoms with E-state index >= 15 is 0 Å². The van der Waals surface area contributed by atoms with Gasteiger partial charge in [-0.2, -0.15) is 0 Å². The standard InChI is InChI=1S/C11H19N3O2/c1-5-11(3,16-4)10(15)14-8(2)9-12-6-7-13-9/h6-8H,5H2,1-4H3,(H,12,13)(H,14,15). The third kappa shape index (κ3) is 2.61. The Balaban J connectivity index is 2.64. The van der Waals surface area contributed by atoms with Crippen LogP contribution in [-0.4, -0.2) is 28.6 Å². The van der Waals surface area contributed by atoms with E-state index in [0.29, 0.717) is 6.42 Å². The van der Waals surface area contributed by atoms with E-state index in [0.717, 1.165) is 5.82 Å². The van der Waals surface area contributed by atoms with E-state index in [1.807, 2.05) is 13.8 Å². The highest BCUT2D eigenvalue weighted by Crippen LogP contribution is 2.16. The Bertz CT molecular complexity index is 331. The monoisotopic (exact) mass is 225 g/mol. The molecule has 1 aromatic heterocycles. The maximum atomic E-state index is 12.0. The van der Waals surface area contributed by atoms with Crippen LogP contribution in [0.3, 0.4) is 0 Å². The molecule has 0 aliphatic heterocycles. The van der Waals surface area contributed by atoms with Crippen molar-refractivity contribution in [1.29, 1.82) is 0 Å². The topological polar surface area (TPSA) is 67.0 Å². The zero-order valence-electron chi connectivity index (χ0n) is 10.2. The SMILES string of the molecule is CCC(C)(OC)C(=O)NC(C)c1ncc[nH]1. The summed E-state index contributed by atoms with van der Waals surface area (Å²) in [5.74, 6) is 0.615. The Hall–Kier alpha value is -1.36. The van der Waals surface area contributed by atoms with Gasteiger partial charge in [0.15, 0.2) is 0 Å². The van der Waals surface area contributed by atoms with E-state index in [-0.39, 0.29) is 11.9 Å². The Kier molecular flexibility index (Phi) is 4.06. The fourth-order valence-electron chi connectivity index (χ4n) is 1.33. The number of nitrogens with one attached hydrogen (secondary N) is 2. The van der Waals surface area contributed by atoms with Gasteiger partial charge in [0.2, 0.25) is 0 Å². The molecule has 2 N–H and O–H groups in total. The summed E-state index contributed by atoms with van der Waals surface area (Å²) < 4.78 is 5.22. The van der Waals surface area contributed by atoms with Gasteiger partial charge in [-0.05, 0) is 20.3 Å². The molecule has 16 heavy (non-hydrogen) atoms. The first-order valence-corrected chi connectivity index (χ1v) is 5.39. The number of rotatable bonds is 5. The van der Waals surface area contributed by atoms with Gasteiger partial charge in [0.25, 0.3) is 5.91 Å². The highest BCUT2D eigenvalue weighted by Gasteiger charge is 2.32. The molecule has 0 spiro atoms. The molecule has 90 valence electrons. The van der Waals surface area contributed by atoms with Gasteiger partial charge in [0.05, 0.1) is 6.04 Å². The van der Waals surface area contributed by atoms with Crippen molar-refractivity contribution in [1.82, 2.24) is 15.3 Å². The van der Waals surface area contributed by atoms with Crippen LogP contribution in [0.4, 0.5) is 0 Å². The zero-order chi connectivity index (χ0) is 12.2. The number of hydrogen-bond donors (Lipinski definition) is 2. The van der Waals surface area contributed by atoms with E-state index < -0.39 is 5.60 Å². The van der Waals surface area contributed by atoms with Crippen LogP contribution in [0, 0.1) is 0 Å². The first-order valence-electron chi connectivity index (χ1n) is 5.39. The number of ether oxygens (including phenoxy) is 1. The van der Waals surface area contributed by atoms with Crippen LogP contribution < -0.4 is 5.32 Å². The minimum atomic E-state index is -0.777. The molecule has 0 aliphatic rings. The Morgan fingerprint density at radius 3 is 2.88 bits per heavy atom. The Morgan fingerprint density at radius 1 is 1.75 bits per heavy atom. The number of nitrogens with zero attached hydrogens (tertiary/aromatic N) is 1. The summed E-state index contributed by atoms with van der Waals surface area (Å²) in [6.45, 7) is 5.57. The van der Waals surface area contributed by atoms with Gasteiger partial charge in [-0.25, -0.2) is 4.98 Å². The number of carbonyl (C=O) groups excluding carboxylic acids is 1. The number of aromatic amines is 1. The van der Waals surface area contributed by atoms with Gasteiger partial charge in [-0.3, -0.25) is 4.79 Å². The molecule has 0 fully saturated rings. The average Bonchev–Trinajstić information content (AvgIpc) is 2.81. The highest BCUT2D eigenvalue weighted by molar-refractivity contribution is 5.84. The van der Waals surface area contributed by atoms with Crippen LogP contribution in [0.25, 0.3) is 0 Å². The van der Waals surface area contributed by atoms with E-state index in [1.165, 1.54) is 0 Å². The predicted molar refractivity (Wildman–Crippen MR) is 60.9 cm³/mol. The molecule has 0 aromatic carbocycles. The average molecular weight is 225 g/mol. The lowest BCUT2D eigenvalue weighted by atomic mass is 10.0. The summed E-state index contributed by atoms with van der Waals surface area (Å²) in [4.78, 5) is 19.0. The summed E-state index contributed by atoms with van der Waals surface area (Å²) in [7, 11) is 1.54. The van der Waals surface area contributed by atoms with Crippen LogP contribution in [0.15, 0.2) is 12.4 Å². The van der Waals surface area contributed by atoms with Crippen molar-refractivity contribution in [2.24, 2.45) is 0 Å². The zero-order valence-corrected chi connectivity index (χ0v) is 10.2. The lowest BCUT2D eigenvalue weighted by molar-refractivity contribution is -0.142. The molecule has 1 amide bonds. The summed E-state index contributed by atoms with van der Waals surface area (Å²) >= 11 is 0. The third-order valence-electron chi connectivity index (χ3n) is 2.88. The van der Waals surface area contributed by atoms with Gasteiger partial charge >= 0.3 is 0 Å². The normalized spacial score (nSPS) is 16.5. The van der Waals surface area contributed by atoms with Gasteiger partial charge in [-0.15, -0.1) is 0 Å². The second kappa shape index (κ2) is 5.12. The molecular weight excluding hydrogens is 206 g/mol. The lowest BCUT2D eigenvalue weighted by Gasteiger charge is -2.26. The maximum Gasteiger partial charge on any atom is 0.252 e. The summed E-state index contributed by atoms with van der Waals surface area (Å²) in [5, 5.41) is 2.87. The molecule has 0 saturated carbocycles. The largest absolute Gasteiger partial charge is 0.369 e. The van der Waals surface area contributed by atoms with E-state index in [4.69, 9.17) is 4.74 Å². The van der Waals surface area contributed by atoms with Crippen molar-refractivity contribution in [3.05, 3.63) is 18.2 Å². The molecule has 1 rings (SSSR count). The number of imidazole rings is 1. The molecule has 0 saturated heterocycles. The van der Waals surface area contributed by atoms with E-state index in [1.54, 1.807) is 26.4 Å². The first kappa shape index (κ1) is 12.7. The number of aromatic nitrogens is 2. The van der Waals surface area contributed by atoms with Crippen molar-refractivity contribution in [2.75, 3.05) is 7.11 Å². The van der Waals surface area contributed by atoms with Crippen molar-refractivity contribution in [3.8, 4) is 0 Å². The van der Waals surface area contributed by atoms with Crippen molar-refractivity contribution in [2.45, 2.75) is 38.8 Å². The highest BCUT2D eigenvalue weighted by atomic mass is 16.5. The Labute approximate surface area is 95.6 Å². The van der Waals surface area contributed by atoms with Gasteiger partial charge in [0.1, 0.15) is 11.4 Å². The maximum absolute atomic E-state index is 12.0. The van der Waals surface area contributed by atoms with Crippen LogP contribution in [-0.2, 0) is 9.53 Å². The molecule has 5 heteroatoms. The quantitative estimate of drug-likeness (QED) is 0.796. The summed E-state index contributed by atoms with van der Waals surface area (Å²) in [5.41, 5.74) is -0.777. The predicted octanol–water partition coefficient (Wildman–Crippen LogP) is 1.40. The summed E-state index contributed by atoms with van der Waals surface area (Å²) in [6.07, 6.45) is 4.01. The number of hydrogen-bond acceptors (Lipinski definition) is 3. The third-order valence-corrected chi connectivity index (χ3v) is 2.88. The molecule has 2 unspecified atom stereocenters. The van der Waals surface area contributed by atoms with Crippen molar-refractivity contribution in [3.63, 3.8) is 0 Å².